The summed E-state index contributed by atoms with van der Waals surface area (Å²) < 4.78 is 7.29. The van der Waals surface area contributed by atoms with Gasteiger partial charge in [-0.05, 0) is 68.7 Å². The molecule has 0 atom stereocenters. The van der Waals surface area contributed by atoms with E-state index in [4.69, 9.17) is 4.98 Å². The molecule has 0 saturated carbocycles. The van der Waals surface area contributed by atoms with Crippen LogP contribution in [0.15, 0.2) is 158 Å². The third-order valence-electron chi connectivity index (χ3n) is 10.8. The van der Waals surface area contributed by atoms with Crippen molar-refractivity contribution in [1.82, 2.24) is 19.1 Å². The van der Waals surface area contributed by atoms with Crippen molar-refractivity contribution in [2.45, 2.75) is 0 Å². The summed E-state index contributed by atoms with van der Waals surface area (Å²) in [6.07, 6.45) is 3.66. The van der Waals surface area contributed by atoms with E-state index in [2.05, 4.69) is 160 Å². The molecule has 4 aromatic heterocycles. The molecule has 0 aliphatic rings. The van der Waals surface area contributed by atoms with Gasteiger partial charge in [0.25, 0.3) is 0 Å². The topological polar surface area (TPSA) is 35.6 Å². The van der Waals surface area contributed by atoms with Crippen molar-refractivity contribution in [2.24, 2.45) is 0 Å². The van der Waals surface area contributed by atoms with E-state index < -0.39 is 0 Å². The van der Waals surface area contributed by atoms with Crippen LogP contribution < -0.4 is 0 Å². The Kier molecular flexibility index (Phi) is 5.35. The second kappa shape index (κ2) is 10.0. The summed E-state index contributed by atoms with van der Waals surface area (Å²) in [7, 11) is 0. The van der Waals surface area contributed by atoms with Crippen LogP contribution in [0.4, 0.5) is 0 Å². The summed E-state index contributed by atoms with van der Waals surface area (Å²) in [5.74, 6) is 0. The molecule has 5 heteroatoms. The van der Waals surface area contributed by atoms with Crippen LogP contribution in [0.25, 0.3) is 108 Å². The molecule has 0 amide bonds. The Labute approximate surface area is 295 Å². The van der Waals surface area contributed by atoms with Gasteiger partial charge in [0.05, 0.1) is 37.0 Å². The molecule has 12 aromatic rings. The zero-order valence-corrected chi connectivity index (χ0v) is 28.0. The second-order valence-corrected chi connectivity index (χ2v) is 14.4. The zero-order chi connectivity index (χ0) is 33.2. The third kappa shape index (κ3) is 3.53. The molecule has 12 rings (SSSR count). The quantitative estimate of drug-likeness (QED) is 0.172. The lowest BCUT2D eigenvalue weighted by atomic mass is 9.94. The lowest BCUT2D eigenvalue weighted by Crippen LogP contribution is -1.96. The van der Waals surface area contributed by atoms with Crippen molar-refractivity contribution in [3.63, 3.8) is 0 Å². The van der Waals surface area contributed by atoms with Gasteiger partial charge in [0.15, 0.2) is 0 Å². The lowest BCUT2D eigenvalue weighted by Gasteiger charge is -2.14. The van der Waals surface area contributed by atoms with E-state index in [0.29, 0.717) is 0 Å². The minimum Gasteiger partial charge on any atom is -0.309 e. The number of fused-ring (bicyclic) bond motifs is 18. The SMILES string of the molecule is c1ccc(-n2c3ccccc3c3c4c5ncncc5sc4c4c(c5ccccc5n4-c4ccc5c6ccccc6c6ccccc6c5c4)c32)cc1. The van der Waals surface area contributed by atoms with Crippen LogP contribution in [-0.2, 0) is 0 Å². The Bertz CT molecular complexity index is 3390. The predicted octanol–water partition coefficient (Wildman–Crippen LogP) is 12.5. The molecule has 8 aromatic carbocycles. The number of hydrogen-bond acceptors (Lipinski definition) is 3. The first-order valence-corrected chi connectivity index (χ1v) is 18.1. The van der Waals surface area contributed by atoms with Gasteiger partial charge in [0.1, 0.15) is 6.33 Å². The monoisotopic (exact) mass is 666 g/mol. The minimum absolute atomic E-state index is 1.00. The van der Waals surface area contributed by atoms with Crippen molar-refractivity contribution < 1.29 is 0 Å². The summed E-state index contributed by atoms with van der Waals surface area (Å²) in [6.45, 7) is 0. The number of nitrogens with zero attached hydrogens (tertiary/aromatic N) is 4. The molecular weight excluding hydrogens is 641 g/mol. The summed E-state index contributed by atoms with van der Waals surface area (Å²) in [5, 5.41) is 13.8. The molecule has 0 aliphatic heterocycles. The largest absolute Gasteiger partial charge is 0.309 e. The molecule has 4 heterocycles. The molecule has 0 radical (unpaired) electrons. The van der Waals surface area contributed by atoms with Crippen molar-refractivity contribution in [2.75, 3.05) is 0 Å². The average molecular weight is 667 g/mol. The third-order valence-corrected chi connectivity index (χ3v) is 11.9. The van der Waals surface area contributed by atoms with Crippen LogP contribution in [-0.4, -0.2) is 19.1 Å². The van der Waals surface area contributed by atoms with Gasteiger partial charge < -0.3 is 9.13 Å². The maximum atomic E-state index is 4.96. The molecule has 0 fully saturated rings. The predicted molar refractivity (Wildman–Crippen MR) is 216 cm³/mol. The van der Waals surface area contributed by atoms with Gasteiger partial charge in [0.2, 0.25) is 0 Å². The van der Waals surface area contributed by atoms with Crippen LogP contribution in [0.1, 0.15) is 0 Å². The smallest absolute Gasteiger partial charge is 0.116 e. The molecule has 51 heavy (non-hydrogen) atoms. The summed E-state index contributed by atoms with van der Waals surface area (Å²) in [5.41, 5.74) is 8.04. The Balaban J connectivity index is 1.35. The van der Waals surface area contributed by atoms with Gasteiger partial charge in [-0.1, -0.05) is 109 Å². The zero-order valence-electron chi connectivity index (χ0n) is 27.2. The van der Waals surface area contributed by atoms with Gasteiger partial charge in [-0.15, -0.1) is 11.3 Å². The second-order valence-electron chi connectivity index (χ2n) is 13.4. The normalized spacial score (nSPS) is 12.3. The Hall–Kier alpha value is -6.56. The number of para-hydroxylation sites is 3. The highest BCUT2D eigenvalue weighted by Gasteiger charge is 2.27. The number of aromatic nitrogens is 4. The van der Waals surface area contributed by atoms with E-state index in [9.17, 15) is 0 Å². The number of benzene rings is 8. The highest BCUT2D eigenvalue weighted by molar-refractivity contribution is 7.26. The average Bonchev–Trinajstić information content (AvgIpc) is 3.86. The van der Waals surface area contributed by atoms with Gasteiger partial charge >= 0.3 is 0 Å². The summed E-state index contributed by atoms with van der Waals surface area (Å²) in [4.78, 5) is 9.44. The van der Waals surface area contributed by atoms with Gasteiger partial charge in [-0.3, -0.25) is 0 Å². The lowest BCUT2D eigenvalue weighted by molar-refractivity contribution is 1.18. The van der Waals surface area contributed by atoms with Crippen molar-refractivity contribution in [3.8, 4) is 11.4 Å². The van der Waals surface area contributed by atoms with Crippen molar-refractivity contribution >= 4 is 108 Å². The summed E-state index contributed by atoms with van der Waals surface area (Å²) in [6, 6.07) is 53.2. The maximum absolute atomic E-state index is 4.96. The highest BCUT2D eigenvalue weighted by Crippen LogP contribution is 2.51. The molecule has 236 valence electrons. The van der Waals surface area contributed by atoms with Gasteiger partial charge in [0, 0.05) is 44.5 Å². The van der Waals surface area contributed by atoms with E-state index in [1.165, 1.54) is 86.0 Å². The first-order valence-electron chi connectivity index (χ1n) is 17.2. The molecule has 4 nitrogen and oxygen atoms in total. The molecule has 0 N–H and O–H groups in total. The fourth-order valence-corrected chi connectivity index (χ4v) is 9.99. The fraction of sp³-hybridized carbons (Fsp3) is 0. The van der Waals surface area contributed by atoms with E-state index in [0.717, 1.165) is 21.6 Å². The van der Waals surface area contributed by atoms with Crippen LogP contribution >= 0.6 is 11.3 Å². The number of hydrogen-bond donors (Lipinski definition) is 0. The van der Waals surface area contributed by atoms with Gasteiger partial charge in [-0.25, -0.2) is 9.97 Å². The Morgan fingerprint density at radius 2 is 0.980 bits per heavy atom. The van der Waals surface area contributed by atoms with Crippen molar-refractivity contribution in [3.05, 3.63) is 158 Å². The van der Waals surface area contributed by atoms with Gasteiger partial charge in [-0.2, -0.15) is 0 Å². The van der Waals surface area contributed by atoms with E-state index >= 15 is 0 Å². The standard InChI is InChI=1S/C46H26N4S/c1-2-12-27(13-3-1)49-37-20-10-8-18-34(37)40-42-43-39(25-47-26-48-43)51-46(42)45-41(44(40)49)35-19-9-11-21-38(35)50(45)28-22-23-33-31-16-5-4-14-29(31)30-15-6-7-17-32(30)36(33)24-28/h1-26H. The van der Waals surface area contributed by atoms with Crippen LogP contribution in [0, 0.1) is 0 Å². The highest BCUT2D eigenvalue weighted by atomic mass is 32.1. The van der Waals surface area contributed by atoms with Crippen LogP contribution in [0.5, 0.6) is 0 Å². The number of thiophene rings is 1. The molecule has 0 aliphatic carbocycles. The minimum atomic E-state index is 1.00. The first kappa shape index (κ1) is 27.3. The van der Waals surface area contributed by atoms with Crippen LogP contribution in [0.3, 0.4) is 0 Å². The molecule has 0 unspecified atom stereocenters. The van der Waals surface area contributed by atoms with E-state index in [1.807, 2.05) is 6.20 Å². The van der Waals surface area contributed by atoms with Crippen molar-refractivity contribution in [1.29, 1.82) is 0 Å². The number of rotatable bonds is 2. The van der Waals surface area contributed by atoms with E-state index in [-0.39, 0.29) is 0 Å². The van der Waals surface area contributed by atoms with E-state index in [1.54, 1.807) is 17.7 Å². The maximum Gasteiger partial charge on any atom is 0.116 e. The molecule has 0 saturated heterocycles. The fourth-order valence-electron chi connectivity index (χ4n) is 8.82. The first-order chi connectivity index (χ1) is 25.3. The Morgan fingerprint density at radius 3 is 1.67 bits per heavy atom. The molecule has 0 bridgehead atoms. The molecular formula is C46H26N4S. The molecule has 0 spiro atoms. The summed E-state index contributed by atoms with van der Waals surface area (Å²) >= 11 is 1.80. The Morgan fingerprint density at radius 1 is 0.431 bits per heavy atom. The van der Waals surface area contributed by atoms with Crippen LogP contribution in [0.2, 0.25) is 0 Å².